The van der Waals surface area contributed by atoms with Crippen molar-refractivity contribution >= 4 is 34.7 Å². The van der Waals surface area contributed by atoms with E-state index in [0.717, 1.165) is 0 Å². The van der Waals surface area contributed by atoms with Crippen LogP contribution < -0.4 is 19.1 Å². The summed E-state index contributed by atoms with van der Waals surface area (Å²) in [6.45, 7) is 2.40. The number of ether oxygens (including phenoxy) is 3. The number of hydrogen-bond acceptors (Lipinski definition) is 6. The van der Waals surface area contributed by atoms with E-state index in [2.05, 4.69) is 0 Å². The highest BCUT2D eigenvalue weighted by molar-refractivity contribution is 6.51. The first kappa shape index (κ1) is 21.9. The van der Waals surface area contributed by atoms with Crippen LogP contribution in [0.5, 0.6) is 17.2 Å². The molecule has 0 saturated carbocycles. The van der Waals surface area contributed by atoms with Crippen molar-refractivity contribution < 1.29 is 28.9 Å². The maximum Gasteiger partial charge on any atom is 0.300 e. The van der Waals surface area contributed by atoms with Gasteiger partial charge in [0.05, 0.1) is 18.2 Å². The number of carbonyl (C=O) groups is 2. The molecule has 0 aromatic heterocycles. The van der Waals surface area contributed by atoms with E-state index in [1.54, 1.807) is 66.7 Å². The molecule has 7 nitrogen and oxygen atoms in total. The summed E-state index contributed by atoms with van der Waals surface area (Å²) in [4.78, 5) is 27.9. The van der Waals surface area contributed by atoms with E-state index in [9.17, 15) is 14.7 Å². The van der Waals surface area contributed by atoms with Crippen molar-refractivity contribution in [1.29, 1.82) is 0 Å². The third kappa shape index (κ3) is 3.74. The molecule has 2 heterocycles. The number of aliphatic hydroxyl groups excluding tert-OH is 1. The van der Waals surface area contributed by atoms with Crippen LogP contribution >= 0.6 is 11.6 Å². The van der Waals surface area contributed by atoms with Crippen molar-refractivity contribution in [2.75, 3.05) is 18.3 Å². The molecule has 34 heavy (non-hydrogen) atoms. The van der Waals surface area contributed by atoms with Gasteiger partial charge in [0.1, 0.15) is 11.5 Å². The first-order valence-electron chi connectivity index (χ1n) is 10.7. The lowest BCUT2D eigenvalue weighted by atomic mass is 9.95. The fraction of sp³-hybridized carbons (Fsp3) is 0.154. The number of fused-ring (bicyclic) bond motifs is 1. The predicted molar refractivity (Wildman–Crippen MR) is 126 cm³/mol. The number of aliphatic hydroxyl groups is 1. The van der Waals surface area contributed by atoms with E-state index in [1.165, 1.54) is 4.90 Å². The lowest BCUT2D eigenvalue weighted by Gasteiger charge is -2.26. The molecule has 0 aliphatic carbocycles. The minimum Gasteiger partial charge on any atom is -0.507 e. The van der Waals surface area contributed by atoms with Gasteiger partial charge in [-0.25, -0.2) is 0 Å². The van der Waals surface area contributed by atoms with Crippen LogP contribution in [-0.2, 0) is 9.59 Å². The van der Waals surface area contributed by atoms with Crippen molar-refractivity contribution in [2.24, 2.45) is 0 Å². The molecule has 2 aliphatic heterocycles. The fourth-order valence-electron chi connectivity index (χ4n) is 4.15. The Morgan fingerprint density at radius 2 is 1.82 bits per heavy atom. The summed E-state index contributed by atoms with van der Waals surface area (Å²) in [6.07, 6.45) is 0. The van der Waals surface area contributed by atoms with E-state index in [1.807, 2.05) is 6.92 Å². The van der Waals surface area contributed by atoms with E-state index in [4.69, 9.17) is 25.8 Å². The van der Waals surface area contributed by atoms with E-state index in [-0.39, 0.29) is 18.1 Å². The highest BCUT2D eigenvalue weighted by atomic mass is 35.5. The van der Waals surface area contributed by atoms with Gasteiger partial charge in [-0.05, 0) is 61.0 Å². The minimum absolute atomic E-state index is 0.0290. The van der Waals surface area contributed by atoms with Crippen LogP contribution in [0.2, 0.25) is 5.02 Å². The standard InChI is InChI=1S/C26H20ClNO6/c1-2-32-19-5-3-4-16(12-19)23-22(24(29)15-6-8-17(27)9-7-15)25(30)26(31)28(23)18-10-11-20-21(13-18)34-14-33-20/h3-13,23,29H,2,14H2,1H3/b24-22+. The number of Topliss-reactive ketones (excluding diaryl/α,β-unsaturated/α-hetero) is 1. The van der Waals surface area contributed by atoms with Crippen LogP contribution in [0.1, 0.15) is 24.1 Å². The molecule has 0 bridgehead atoms. The van der Waals surface area contributed by atoms with Crippen LogP contribution in [0, 0.1) is 0 Å². The number of benzene rings is 3. The van der Waals surface area contributed by atoms with Crippen LogP contribution in [0.15, 0.2) is 72.3 Å². The van der Waals surface area contributed by atoms with E-state index < -0.39 is 17.7 Å². The Morgan fingerprint density at radius 3 is 2.59 bits per heavy atom. The number of nitrogens with zero attached hydrogens (tertiary/aromatic N) is 1. The molecular weight excluding hydrogens is 458 g/mol. The second-order valence-corrected chi connectivity index (χ2v) is 8.16. The zero-order valence-corrected chi connectivity index (χ0v) is 18.9. The summed E-state index contributed by atoms with van der Waals surface area (Å²) >= 11 is 5.99. The number of hydrogen-bond donors (Lipinski definition) is 1. The Balaban J connectivity index is 1.70. The molecule has 1 fully saturated rings. The SMILES string of the molecule is CCOc1cccc(C2/C(=C(\O)c3ccc(Cl)cc3)C(=O)C(=O)N2c2ccc3c(c2)OCO3)c1. The Kier molecular flexibility index (Phi) is 5.63. The van der Waals surface area contributed by atoms with Gasteiger partial charge in [-0.1, -0.05) is 23.7 Å². The highest BCUT2D eigenvalue weighted by Crippen LogP contribution is 2.45. The molecule has 1 N–H and O–H groups in total. The topological polar surface area (TPSA) is 85.3 Å². The van der Waals surface area contributed by atoms with Crippen LogP contribution in [0.3, 0.4) is 0 Å². The summed E-state index contributed by atoms with van der Waals surface area (Å²) < 4.78 is 16.5. The van der Waals surface area contributed by atoms with Crippen molar-refractivity contribution in [3.05, 3.63) is 88.5 Å². The van der Waals surface area contributed by atoms with Gasteiger partial charge in [0.25, 0.3) is 11.7 Å². The molecule has 1 saturated heterocycles. The summed E-state index contributed by atoms with van der Waals surface area (Å²) in [5, 5.41) is 11.7. The Bertz CT molecular complexity index is 1320. The van der Waals surface area contributed by atoms with Crippen molar-refractivity contribution in [1.82, 2.24) is 0 Å². The highest BCUT2D eigenvalue weighted by Gasteiger charge is 2.47. The monoisotopic (exact) mass is 477 g/mol. The molecule has 0 radical (unpaired) electrons. The Labute approximate surface area is 200 Å². The van der Waals surface area contributed by atoms with Crippen LogP contribution in [0.25, 0.3) is 5.76 Å². The number of carbonyl (C=O) groups excluding carboxylic acids is 2. The van der Waals surface area contributed by atoms with Gasteiger partial charge in [0.15, 0.2) is 11.5 Å². The maximum atomic E-state index is 13.3. The fourth-order valence-corrected chi connectivity index (χ4v) is 4.28. The molecular formula is C26H20ClNO6. The third-order valence-electron chi connectivity index (χ3n) is 5.68. The quantitative estimate of drug-likeness (QED) is 0.313. The summed E-state index contributed by atoms with van der Waals surface area (Å²) in [7, 11) is 0. The molecule has 1 amide bonds. The zero-order chi connectivity index (χ0) is 23.8. The van der Waals surface area contributed by atoms with Crippen molar-refractivity contribution in [3.63, 3.8) is 0 Å². The number of rotatable bonds is 5. The number of halogens is 1. The van der Waals surface area contributed by atoms with Crippen molar-refractivity contribution in [2.45, 2.75) is 13.0 Å². The minimum atomic E-state index is -0.892. The number of anilines is 1. The first-order valence-corrected chi connectivity index (χ1v) is 11.0. The average Bonchev–Trinajstić information content (AvgIpc) is 3.41. The van der Waals surface area contributed by atoms with Crippen LogP contribution in [0.4, 0.5) is 5.69 Å². The number of ketones is 1. The molecule has 1 unspecified atom stereocenters. The second kappa shape index (κ2) is 8.76. The van der Waals surface area contributed by atoms with Crippen molar-refractivity contribution in [3.8, 4) is 17.2 Å². The average molecular weight is 478 g/mol. The molecule has 8 heteroatoms. The normalized spacial score (nSPS) is 18.4. The summed E-state index contributed by atoms with van der Waals surface area (Å²) in [5.41, 5.74) is 1.39. The molecule has 0 spiro atoms. The molecule has 3 aromatic rings. The predicted octanol–water partition coefficient (Wildman–Crippen LogP) is 5.09. The smallest absolute Gasteiger partial charge is 0.300 e. The Hall–Kier alpha value is -3.97. The van der Waals surface area contributed by atoms with Gasteiger partial charge >= 0.3 is 0 Å². The molecule has 3 aromatic carbocycles. The second-order valence-electron chi connectivity index (χ2n) is 7.72. The molecule has 5 rings (SSSR count). The lowest BCUT2D eigenvalue weighted by Crippen LogP contribution is -2.29. The van der Waals surface area contributed by atoms with Gasteiger partial charge in [-0.15, -0.1) is 0 Å². The van der Waals surface area contributed by atoms with E-state index in [0.29, 0.717) is 45.7 Å². The first-order chi connectivity index (χ1) is 16.5. The lowest BCUT2D eigenvalue weighted by molar-refractivity contribution is -0.132. The summed E-state index contributed by atoms with van der Waals surface area (Å²) in [6, 6.07) is 17.6. The van der Waals surface area contributed by atoms with Gasteiger partial charge in [0, 0.05) is 22.3 Å². The molecule has 1 atom stereocenters. The van der Waals surface area contributed by atoms with Gasteiger partial charge in [-0.2, -0.15) is 0 Å². The summed E-state index contributed by atoms with van der Waals surface area (Å²) in [5.74, 6) is -0.235. The van der Waals surface area contributed by atoms with E-state index >= 15 is 0 Å². The number of amides is 1. The third-order valence-corrected chi connectivity index (χ3v) is 5.93. The van der Waals surface area contributed by atoms with Gasteiger partial charge in [0.2, 0.25) is 6.79 Å². The zero-order valence-electron chi connectivity index (χ0n) is 18.2. The Morgan fingerprint density at radius 1 is 1.06 bits per heavy atom. The maximum absolute atomic E-state index is 13.3. The largest absolute Gasteiger partial charge is 0.507 e. The molecule has 2 aliphatic rings. The molecule has 172 valence electrons. The van der Waals surface area contributed by atoms with Crippen LogP contribution in [-0.4, -0.2) is 30.2 Å². The van der Waals surface area contributed by atoms with Gasteiger partial charge in [-0.3, -0.25) is 14.5 Å². The van der Waals surface area contributed by atoms with Gasteiger partial charge < -0.3 is 19.3 Å².